The Morgan fingerprint density at radius 2 is 2.05 bits per heavy atom. The van der Waals surface area contributed by atoms with E-state index < -0.39 is 10.8 Å². The zero-order valence-corrected chi connectivity index (χ0v) is 12.6. The number of rotatable bonds is 8. The van der Waals surface area contributed by atoms with Gasteiger partial charge in [0.25, 0.3) is 5.69 Å². The second-order valence-electron chi connectivity index (χ2n) is 4.88. The lowest BCUT2D eigenvalue weighted by molar-refractivity contribution is -0.384. The zero-order valence-electron chi connectivity index (χ0n) is 12.6. The normalized spacial score (nSPS) is 12.2. The van der Waals surface area contributed by atoms with Gasteiger partial charge in [0.1, 0.15) is 5.69 Å². The molecule has 1 rings (SSSR count). The van der Waals surface area contributed by atoms with Crippen molar-refractivity contribution in [2.24, 2.45) is 5.73 Å². The zero-order chi connectivity index (χ0) is 16.0. The minimum atomic E-state index is -0.680. The van der Waals surface area contributed by atoms with E-state index in [-0.39, 0.29) is 17.3 Å². The topological polar surface area (TPSA) is 102 Å². The van der Waals surface area contributed by atoms with Gasteiger partial charge in [-0.25, -0.2) is 0 Å². The van der Waals surface area contributed by atoms with Gasteiger partial charge in [-0.05, 0) is 32.1 Å². The maximum absolute atomic E-state index is 11.1. The number of hydrogen-bond donors (Lipinski definition) is 2. The molecule has 0 aliphatic rings. The van der Waals surface area contributed by atoms with Crippen molar-refractivity contribution in [2.45, 2.75) is 26.8 Å². The molecule has 1 unspecified atom stereocenters. The molecule has 0 aromatic heterocycles. The number of amides is 1. The highest BCUT2D eigenvalue weighted by Gasteiger charge is 2.18. The van der Waals surface area contributed by atoms with Gasteiger partial charge in [-0.15, -0.1) is 0 Å². The van der Waals surface area contributed by atoms with Crippen LogP contribution in [0.4, 0.5) is 11.4 Å². The van der Waals surface area contributed by atoms with Crippen molar-refractivity contribution in [3.63, 3.8) is 0 Å². The third-order valence-electron chi connectivity index (χ3n) is 3.31. The summed E-state index contributed by atoms with van der Waals surface area (Å²) in [5, 5.41) is 14.2. The number of hydrogen-bond acceptors (Lipinski definition) is 5. The number of carbonyl (C=O) groups is 1. The van der Waals surface area contributed by atoms with E-state index in [1.54, 1.807) is 0 Å². The molecule has 1 atom stereocenters. The highest BCUT2D eigenvalue weighted by molar-refractivity contribution is 5.94. The first-order valence-corrected chi connectivity index (χ1v) is 6.96. The van der Waals surface area contributed by atoms with E-state index in [1.165, 1.54) is 18.2 Å². The summed E-state index contributed by atoms with van der Waals surface area (Å²) >= 11 is 0. The van der Waals surface area contributed by atoms with Crippen molar-refractivity contribution in [3.8, 4) is 0 Å². The third-order valence-corrected chi connectivity index (χ3v) is 3.31. The number of anilines is 1. The number of nitrogens with two attached hydrogens (primary N) is 1. The summed E-state index contributed by atoms with van der Waals surface area (Å²) in [6.07, 6.45) is 0. The predicted octanol–water partition coefficient (Wildman–Crippen LogP) is 1.84. The molecule has 0 aliphatic heterocycles. The Morgan fingerprint density at radius 1 is 1.43 bits per heavy atom. The Bertz CT molecular complexity index is 515. The van der Waals surface area contributed by atoms with Crippen molar-refractivity contribution in [2.75, 3.05) is 25.0 Å². The van der Waals surface area contributed by atoms with Gasteiger partial charge in [0.15, 0.2) is 0 Å². The molecule has 21 heavy (non-hydrogen) atoms. The average Bonchev–Trinajstić information content (AvgIpc) is 2.44. The Balaban J connectivity index is 2.92. The molecule has 1 aromatic carbocycles. The van der Waals surface area contributed by atoms with E-state index in [2.05, 4.69) is 24.1 Å². The van der Waals surface area contributed by atoms with E-state index in [0.29, 0.717) is 5.69 Å². The Kier molecular flexibility index (Phi) is 6.10. The van der Waals surface area contributed by atoms with Crippen molar-refractivity contribution >= 4 is 17.3 Å². The van der Waals surface area contributed by atoms with Crippen LogP contribution in [0.1, 0.15) is 31.1 Å². The first-order valence-electron chi connectivity index (χ1n) is 6.96. The maximum atomic E-state index is 11.1. The number of nitrogens with one attached hydrogen (secondary N) is 1. The van der Waals surface area contributed by atoms with Crippen LogP contribution in [0.5, 0.6) is 0 Å². The van der Waals surface area contributed by atoms with Crippen molar-refractivity contribution < 1.29 is 9.72 Å². The fourth-order valence-corrected chi connectivity index (χ4v) is 2.14. The second kappa shape index (κ2) is 7.58. The first-order chi connectivity index (χ1) is 9.88. The third kappa shape index (κ3) is 4.71. The SMILES string of the molecule is CCN(CC)CC(C)Nc1ccc(C(N)=O)cc1[N+](=O)[O-]. The monoisotopic (exact) mass is 294 g/mol. The van der Waals surface area contributed by atoms with Gasteiger partial charge in [-0.3, -0.25) is 14.9 Å². The lowest BCUT2D eigenvalue weighted by Gasteiger charge is -2.24. The molecule has 0 spiro atoms. The number of primary amides is 1. The minimum Gasteiger partial charge on any atom is -0.376 e. The molecular formula is C14H22N4O3. The van der Waals surface area contributed by atoms with E-state index >= 15 is 0 Å². The summed E-state index contributed by atoms with van der Waals surface area (Å²) in [4.78, 5) is 23.9. The average molecular weight is 294 g/mol. The molecule has 0 fully saturated rings. The van der Waals surface area contributed by atoms with Crippen LogP contribution in [0.25, 0.3) is 0 Å². The van der Waals surface area contributed by atoms with E-state index in [1.807, 2.05) is 6.92 Å². The van der Waals surface area contributed by atoms with Crippen molar-refractivity contribution in [3.05, 3.63) is 33.9 Å². The Morgan fingerprint density at radius 3 is 2.52 bits per heavy atom. The Labute approximate surface area is 124 Å². The van der Waals surface area contributed by atoms with Crippen LogP contribution in [0.2, 0.25) is 0 Å². The summed E-state index contributed by atoms with van der Waals surface area (Å²) in [5.74, 6) is -0.680. The summed E-state index contributed by atoms with van der Waals surface area (Å²) in [6, 6.07) is 4.26. The van der Waals surface area contributed by atoms with Crippen LogP contribution >= 0.6 is 0 Å². The molecule has 0 aliphatic carbocycles. The standard InChI is InChI=1S/C14H22N4O3/c1-4-17(5-2)9-10(3)16-12-7-6-11(14(15)19)8-13(12)18(20)21/h6-8,10,16H,4-5,9H2,1-3H3,(H2,15,19). The lowest BCUT2D eigenvalue weighted by Crippen LogP contribution is -2.34. The largest absolute Gasteiger partial charge is 0.376 e. The molecule has 3 N–H and O–H groups in total. The van der Waals surface area contributed by atoms with Crippen LogP contribution < -0.4 is 11.1 Å². The second-order valence-corrected chi connectivity index (χ2v) is 4.88. The van der Waals surface area contributed by atoms with E-state index in [4.69, 9.17) is 5.73 Å². The number of benzene rings is 1. The molecule has 1 aromatic rings. The fourth-order valence-electron chi connectivity index (χ4n) is 2.14. The molecule has 116 valence electrons. The molecule has 7 nitrogen and oxygen atoms in total. The molecule has 0 saturated carbocycles. The molecule has 7 heteroatoms. The fraction of sp³-hybridized carbons (Fsp3) is 0.500. The van der Waals surface area contributed by atoms with Crippen LogP contribution in [-0.4, -0.2) is 41.4 Å². The number of nitro groups is 1. The highest BCUT2D eigenvalue weighted by atomic mass is 16.6. The summed E-state index contributed by atoms with van der Waals surface area (Å²) in [5.41, 5.74) is 5.53. The van der Waals surface area contributed by atoms with Crippen LogP contribution in [0.3, 0.4) is 0 Å². The lowest BCUT2D eigenvalue weighted by atomic mass is 10.1. The summed E-state index contributed by atoms with van der Waals surface area (Å²) < 4.78 is 0. The molecule has 0 saturated heterocycles. The highest BCUT2D eigenvalue weighted by Crippen LogP contribution is 2.26. The van der Waals surface area contributed by atoms with Gasteiger partial charge in [0.05, 0.1) is 4.92 Å². The van der Waals surface area contributed by atoms with Crippen LogP contribution in [-0.2, 0) is 0 Å². The van der Waals surface area contributed by atoms with Gasteiger partial charge in [-0.2, -0.15) is 0 Å². The number of nitrogens with zero attached hydrogens (tertiary/aromatic N) is 2. The van der Waals surface area contributed by atoms with Gasteiger partial charge >= 0.3 is 0 Å². The molecule has 0 bridgehead atoms. The summed E-state index contributed by atoms with van der Waals surface area (Å²) in [7, 11) is 0. The molecular weight excluding hydrogens is 272 g/mol. The van der Waals surface area contributed by atoms with Crippen molar-refractivity contribution in [1.82, 2.24) is 4.90 Å². The first kappa shape index (κ1) is 16.9. The molecule has 0 heterocycles. The Hall–Kier alpha value is -2.15. The number of nitro benzene ring substituents is 1. The smallest absolute Gasteiger partial charge is 0.293 e. The maximum Gasteiger partial charge on any atom is 0.293 e. The van der Waals surface area contributed by atoms with E-state index in [0.717, 1.165) is 19.6 Å². The van der Waals surface area contributed by atoms with Crippen LogP contribution in [0, 0.1) is 10.1 Å². The van der Waals surface area contributed by atoms with Gasteiger partial charge < -0.3 is 16.0 Å². The van der Waals surface area contributed by atoms with Gasteiger partial charge in [0, 0.05) is 24.2 Å². The molecule has 1 amide bonds. The van der Waals surface area contributed by atoms with Gasteiger partial charge in [-0.1, -0.05) is 13.8 Å². The quantitative estimate of drug-likeness (QED) is 0.562. The van der Waals surface area contributed by atoms with Crippen molar-refractivity contribution in [1.29, 1.82) is 0 Å². The van der Waals surface area contributed by atoms with E-state index in [9.17, 15) is 14.9 Å². The van der Waals surface area contributed by atoms with Crippen LogP contribution in [0.15, 0.2) is 18.2 Å². The minimum absolute atomic E-state index is 0.0445. The summed E-state index contributed by atoms with van der Waals surface area (Å²) in [6.45, 7) is 8.73. The molecule has 0 radical (unpaired) electrons. The van der Waals surface area contributed by atoms with Gasteiger partial charge in [0.2, 0.25) is 5.91 Å². The number of carbonyl (C=O) groups excluding carboxylic acids is 1. The predicted molar refractivity (Wildman–Crippen MR) is 82.5 cm³/mol. The number of likely N-dealkylation sites (N-methyl/N-ethyl adjacent to an activating group) is 1.